The Morgan fingerprint density at radius 1 is 1.33 bits per heavy atom. The molecule has 2 aromatic rings. The fraction of sp³-hybridized carbons (Fsp3) is 0.412. The standard InChI is InChI=1S/C17H21ClN2S/c1-12-4-5-13(16(18)7-12)9-20-10-14(8-19)15(11-20)17-3-2-6-21-17/h2-7,14-15H,8-11,19H2,1H3/t14-,15-/m1/s1. The van der Waals surface area contributed by atoms with E-state index in [-0.39, 0.29) is 0 Å². The summed E-state index contributed by atoms with van der Waals surface area (Å²) < 4.78 is 0. The van der Waals surface area contributed by atoms with Crippen LogP contribution in [0.25, 0.3) is 0 Å². The molecule has 3 rings (SSSR count). The molecule has 0 spiro atoms. The second kappa shape index (κ2) is 6.49. The Morgan fingerprint density at radius 2 is 2.19 bits per heavy atom. The van der Waals surface area contributed by atoms with E-state index in [1.807, 2.05) is 17.4 Å². The first-order chi connectivity index (χ1) is 10.2. The van der Waals surface area contributed by atoms with Gasteiger partial charge in [0.25, 0.3) is 0 Å². The molecule has 4 heteroatoms. The number of nitrogens with two attached hydrogens (primary N) is 1. The highest BCUT2D eigenvalue weighted by atomic mass is 35.5. The molecule has 1 aliphatic rings. The number of nitrogens with zero attached hydrogens (tertiary/aromatic N) is 1. The van der Waals surface area contributed by atoms with Gasteiger partial charge in [-0.3, -0.25) is 4.90 Å². The molecule has 1 aromatic heterocycles. The molecule has 0 radical (unpaired) electrons. The van der Waals surface area contributed by atoms with Gasteiger partial charge in [0.1, 0.15) is 0 Å². The molecule has 1 aliphatic heterocycles. The van der Waals surface area contributed by atoms with Gasteiger partial charge in [0.15, 0.2) is 0 Å². The number of hydrogen-bond acceptors (Lipinski definition) is 3. The molecule has 0 bridgehead atoms. The summed E-state index contributed by atoms with van der Waals surface area (Å²) in [6.07, 6.45) is 0. The lowest BCUT2D eigenvalue weighted by Gasteiger charge is -2.17. The first-order valence-corrected chi connectivity index (χ1v) is 8.64. The van der Waals surface area contributed by atoms with Gasteiger partial charge < -0.3 is 5.73 Å². The van der Waals surface area contributed by atoms with Gasteiger partial charge in [0.2, 0.25) is 0 Å². The number of halogens is 1. The van der Waals surface area contributed by atoms with Crippen LogP contribution in [0.5, 0.6) is 0 Å². The van der Waals surface area contributed by atoms with E-state index < -0.39 is 0 Å². The fourth-order valence-corrected chi connectivity index (χ4v) is 4.38. The van der Waals surface area contributed by atoms with E-state index in [0.717, 1.165) is 31.2 Å². The van der Waals surface area contributed by atoms with E-state index in [9.17, 15) is 0 Å². The highest BCUT2D eigenvalue weighted by Crippen LogP contribution is 2.35. The van der Waals surface area contributed by atoms with Gasteiger partial charge in [-0.1, -0.05) is 29.8 Å². The first kappa shape index (κ1) is 15.0. The number of benzene rings is 1. The Bertz CT molecular complexity index is 597. The van der Waals surface area contributed by atoms with Gasteiger partial charge in [-0.2, -0.15) is 0 Å². The number of thiophene rings is 1. The average Bonchev–Trinajstić information content (AvgIpc) is 3.10. The summed E-state index contributed by atoms with van der Waals surface area (Å²) in [7, 11) is 0. The lowest BCUT2D eigenvalue weighted by Crippen LogP contribution is -2.23. The molecule has 1 fully saturated rings. The number of hydrogen-bond donors (Lipinski definition) is 1. The second-order valence-corrected chi connectivity index (χ2v) is 7.29. The van der Waals surface area contributed by atoms with Crippen molar-refractivity contribution in [2.75, 3.05) is 19.6 Å². The fourth-order valence-electron chi connectivity index (χ4n) is 3.17. The third-order valence-corrected chi connectivity index (χ3v) is 5.69. The van der Waals surface area contributed by atoms with Crippen LogP contribution in [-0.4, -0.2) is 24.5 Å². The molecule has 2 nitrogen and oxygen atoms in total. The van der Waals surface area contributed by atoms with Gasteiger partial charge in [-0.05, 0) is 48.0 Å². The van der Waals surface area contributed by atoms with Gasteiger partial charge in [-0.25, -0.2) is 0 Å². The van der Waals surface area contributed by atoms with E-state index in [1.165, 1.54) is 16.0 Å². The zero-order valence-electron chi connectivity index (χ0n) is 12.3. The number of likely N-dealkylation sites (tertiary alicyclic amines) is 1. The Kier molecular flexibility index (Phi) is 4.65. The quantitative estimate of drug-likeness (QED) is 0.926. The minimum Gasteiger partial charge on any atom is -0.330 e. The van der Waals surface area contributed by atoms with Crippen LogP contribution in [0.2, 0.25) is 5.02 Å². The van der Waals surface area contributed by atoms with Crippen LogP contribution in [0.3, 0.4) is 0 Å². The van der Waals surface area contributed by atoms with Crippen LogP contribution < -0.4 is 5.73 Å². The van der Waals surface area contributed by atoms with Crippen LogP contribution >= 0.6 is 22.9 Å². The summed E-state index contributed by atoms with van der Waals surface area (Å²) in [5.74, 6) is 1.12. The molecule has 112 valence electrons. The summed E-state index contributed by atoms with van der Waals surface area (Å²) in [6.45, 7) is 5.87. The van der Waals surface area contributed by atoms with E-state index in [4.69, 9.17) is 17.3 Å². The van der Waals surface area contributed by atoms with Crippen molar-refractivity contribution in [3.8, 4) is 0 Å². The molecule has 1 saturated heterocycles. The van der Waals surface area contributed by atoms with Crippen molar-refractivity contribution in [2.45, 2.75) is 19.4 Å². The summed E-state index contributed by atoms with van der Waals surface area (Å²) in [6, 6.07) is 10.7. The molecule has 2 N–H and O–H groups in total. The van der Waals surface area contributed by atoms with Crippen molar-refractivity contribution >= 4 is 22.9 Å². The highest BCUT2D eigenvalue weighted by Gasteiger charge is 2.33. The zero-order chi connectivity index (χ0) is 14.8. The largest absolute Gasteiger partial charge is 0.330 e. The van der Waals surface area contributed by atoms with Crippen LogP contribution in [0, 0.1) is 12.8 Å². The van der Waals surface area contributed by atoms with Crippen LogP contribution in [0.1, 0.15) is 21.9 Å². The predicted octanol–water partition coefficient (Wildman–Crippen LogP) is 3.88. The molecule has 1 aromatic carbocycles. The smallest absolute Gasteiger partial charge is 0.0453 e. The minimum absolute atomic E-state index is 0.549. The van der Waals surface area contributed by atoms with Crippen molar-refractivity contribution < 1.29 is 0 Å². The van der Waals surface area contributed by atoms with Crippen molar-refractivity contribution in [1.29, 1.82) is 0 Å². The van der Waals surface area contributed by atoms with Crippen molar-refractivity contribution in [3.05, 3.63) is 56.7 Å². The summed E-state index contributed by atoms with van der Waals surface area (Å²) in [5.41, 5.74) is 8.41. The second-order valence-electron chi connectivity index (χ2n) is 5.91. The molecule has 21 heavy (non-hydrogen) atoms. The zero-order valence-corrected chi connectivity index (χ0v) is 13.8. The summed E-state index contributed by atoms with van der Waals surface area (Å²) in [5, 5.41) is 3.03. The SMILES string of the molecule is Cc1ccc(CN2C[C@@H](CN)[C@H](c3cccs3)C2)c(Cl)c1. The van der Waals surface area contributed by atoms with Gasteiger partial charge >= 0.3 is 0 Å². The summed E-state index contributed by atoms with van der Waals surface area (Å²) in [4.78, 5) is 3.95. The lowest BCUT2D eigenvalue weighted by molar-refractivity contribution is 0.317. The van der Waals surface area contributed by atoms with E-state index >= 15 is 0 Å². The molecular weight excluding hydrogens is 300 g/mol. The van der Waals surface area contributed by atoms with Crippen molar-refractivity contribution in [1.82, 2.24) is 4.90 Å². The Labute approximate surface area is 135 Å². The molecule has 2 atom stereocenters. The van der Waals surface area contributed by atoms with E-state index in [2.05, 4.69) is 41.5 Å². The summed E-state index contributed by atoms with van der Waals surface area (Å²) >= 11 is 8.21. The average molecular weight is 321 g/mol. The Morgan fingerprint density at radius 3 is 2.86 bits per heavy atom. The van der Waals surface area contributed by atoms with Crippen molar-refractivity contribution in [3.63, 3.8) is 0 Å². The predicted molar refractivity (Wildman–Crippen MR) is 91.1 cm³/mol. The van der Waals surface area contributed by atoms with Crippen LogP contribution in [0.15, 0.2) is 35.7 Å². The third-order valence-electron chi connectivity index (χ3n) is 4.33. The molecule has 2 heterocycles. The monoisotopic (exact) mass is 320 g/mol. The maximum absolute atomic E-state index is 6.36. The van der Waals surface area contributed by atoms with E-state index in [1.54, 1.807) is 0 Å². The number of rotatable bonds is 4. The Balaban J connectivity index is 1.73. The molecule has 0 aliphatic carbocycles. The van der Waals surface area contributed by atoms with E-state index in [0.29, 0.717) is 11.8 Å². The van der Waals surface area contributed by atoms with Crippen molar-refractivity contribution in [2.24, 2.45) is 11.7 Å². The molecular formula is C17H21ClN2S. The third kappa shape index (κ3) is 3.32. The molecule has 0 amide bonds. The number of aryl methyl sites for hydroxylation is 1. The van der Waals surface area contributed by atoms with Gasteiger partial charge in [0, 0.05) is 35.5 Å². The van der Waals surface area contributed by atoms with Crippen LogP contribution in [0.4, 0.5) is 0 Å². The molecule has 0 saturated carbocycles. The highest BCUT2D eigenvalue weighted by molar-refractivity contribution is 7.10. The van der Waals surface area contributed by atoms with Gasteiger partial charge in [0.05, 0.1) is 0 Å². The maximum atomic E-state index is 6.36. The van der Waals surface area contributed by atoms with Crippen LogP contribution in [-0.2, 0) is 6.54 Å². The maximum Gasteiger partial charge on any atom is 0.0453 e. The van der Waals surface area contributed by atoms with Gasteiger partial charge in [-0.15, -0.1) is 11.3 Å². The lowest BCUT2D eigenvalue weighted by atomic mass is 9.95. The minimum atomic E-state index is 0.549. The topological polar surface area (TPSA) is 29.3 Å². The molecule has 0 unspecified atom stereocenters. The Hall–Kier alpha value is -0.870. The first-order valence-electron chi connectivity index (χ1n) is 7.38. The normalized spacial score (nSPS) is 22.8.